The molecule has 0 radical (unpaired) electrons. The highest BCUT2D eigenvalue weighted by atomic mass is 16.2. The van der Waals surface area contributed by atoms with Gasteiger partial charge in [-0.1, -0.05) is 6.92 Å². The summed E-state index contributed by atoms with van der Waals surface area (Å²) in [5.41, 5.74) is 0. The molecule has 0 unspecified atom stereocenters. The summed E-state index contributed by atoms with van der Waals surface area (Å²) in [4.78, 5) is 29.9. The molecule has 0 fully saturated rings. The first-order valence-electron chi connectivity index (χ1n) is 6.97. The maximum Gasteiger partial charge on any atom is 0.241 e. The quantitative estimate of drug-likeness (QED) is 0.581. The second kappa shape index (κ2) is 12.3. The molecular formula is C14H26N4O2. The number of carbonyl (C=O) groups is 2. The molecule has 0 aliphatic heterocycles. The van der Waals surface area contributed by atoms with E-state index in [4.69, 9.17) is 0 Å². The summed E-state index contributed by atoms with van der Waals surface area (Å²) >= 11 is 0. The molecule has 0 spiro atoms. The topological polar surface area (TPSA) is 82.9 Å². The lowest BCUT2D eigenvalue weighted by atomic mass is 10.0. The van der Waals surface area contributed by atoms with E-state index >= 15 is 0 Å². The third kappa shape index (κ3) is 11.4. The fraction of sp³-hybridized carbons (Fsp3) is 0.714. The number of carbonyl (C=O) groups excluding carboxylic acids is 2. The van der Waals surface area contributed by atoms with Crippen LogP contribution in [-0.4, -0.2) is 51.4 Å². The average molecular weight is 282 g/mol. The van der Waals surface area contributed by atoms with E-state index in [1.54, 1.807) is 14.1 Å². The van der Waals surface area contributed by atoms with E-state index in [1.165, 1.54) is 0 Å². The maximum atomic E-state index is 10.9. The number of rotatable bonds is 10. The zero-order valence-electron chi connectivity index (χ0n) is 12.7. The molecule has 0 saturated carbocycles. The van der Waals surface area contributed by atoms with Crippen molar-refractivity contribution in [3.05, 3.63) is 0 Å². The molecular weight excluding hydrogens is 256 g/mol. The van der Waals surface area contributed by atoms with Crippen LogP contribution in [0.3, 0.4) is 0 Å². The van der Waals surface area contributed by atoms with E-state index in [9.17, 15) is 9.59 Å². The van der Waals surface area contributed by atoms with Crippen LogP contribution in [0.5, 0.6) is 0 Å². The number of hydrogen-bond donors (Lipinski definition) is 2. The van der Waals surface area contributed by atoms with Gasteiger partial charge in [-0.25, -0.2) is 0 Å². The van der Waals surface area contributed by atoms with E-state index < -0.39 is 0 Å². The van der Waals surface area contributed by atoms with Crippen LogP contribution in [-0.2, 0) is 9.59 Å². The molecule has 6 nitrogen and oxygen atoms in total. The van der Waals surface area contributed by atoms with E-state index in [2.05, 4.69) is 27.5 Å². The largest absolute Gasteiger partial charge is 0.358 e. The summed E-state index contributed by atoms with van der Waals surface area (Å²) < 4.78 is 0. The Balaban J connectivity index is 3.56. The van der Waals surface area contributed by atoms with Crippen molar-refractivity contribution < 1.29 is 9.59 Å². The minimum Gasteiger partial charge on any atom is -0.358 e. The average Bonchev–Trinajstić information content (AvgIpc) is 2.45. The Morgan fingerprint density at radius 2 is 1.35 bits per heavy atom. The highest BCUT2D eigenvalue weighted by Gasteiger charge is 2.00. The molecule has 2 amide bonds. The van der Waals surface area contributed by atoms with Gasteiger partial charge in [-0.2, -0.15) is 0 Å². The van der Waals surface area contributed by atoms with Crippen molar-refractivity contribution in [3.8, 4) is 0 Å². The molecule has 2 N–H and O–H groups in total. The summed E-state index contributed by atoms with van der Waals surface area (Å²) in [5, 5.41) is 5.04. The Hall–Kier alpha value is -1.72. The fourth-order valence-corrected chi connectivity index (χ4v) is 1.50. The molecule has 0 atom stereocenters. The first-order chi connectivity index (χ1) is 9.60. The number of hydrogen-bond acceptors (Lipinski definition) is 4. The molecule has 0 aromatic rings. The first-order valence-corrected chi connectivity index (χ1v) is 6.97. The molecule has 0 aliphatic rings. The number of nitrogens with one attached hydrogen (secondary N) is 2. The Morgan fingerprint density at radius 3 is 1.70 bits per heavy atom. The fourth-order valence-electron chi connectivity index (χ4n) is 1.50. The van der Waals surface area contributed by atoms with E-state index in [0.717, 1.165) is 25.7 Å². The smallest absolute Gasteiger partial charge is 0.241 e. The summed E-state index contributed by atoms with van der Waals surface area (Å²) in [7, 11) is 3.21. The van der Waals surface area contributed by atoms with Crippen LogP contribution in [0.1, 0.15) is 32.6 Å². The van der Waals surface area contributed by atoms with Gasteiger partial charge in [0.25, 0.3) is 0 Å². The maximum absolute atomic E-state index is 10.9. The van der Waals surface area contributed by atoms with Crippen molar-refractivity contribution in [1.82, 2.24) is 10.6 Å². The van der Waals surface area contributed by atoms with Crippen molar-refractivity contribution in [2.75, 3.05) is 27.2 Å². The van der Waals surface area contributed by atoms with Gasteiger partial charge in [-0.05, 0) is 44.0 Å². The normalized spacial score (nSPS) is 12.8. The minimum atomic E-state index is -0.0679. The third-order valence-electron chi connectivity index (χ3n) is 2.86. The van der Waals surface area contributed by atoms with Gasteiger partial charge in [0.2, 0.25) is 11.8 Å². The molecule has 20 heavy (non-hydrogen) atoms. The molecule has 0 bridgehead atoms. The molecule has 0 aliphatic carbocycles. The molecule has 0 aromatic heterocycles. The zero-order chi connectivity index (χ0) is 15.2. The standard InChI is InChI=1S/C14H26N4O2/c1-12(6-4-8-17-10-13(19)15-2)7-5-9-18-11-14(20)16-3/h8-9,12H,4-7,10-11H2,1-3H3,(H,15,19)(H,16,20). The molecule has 0 aromatic carbocycles. The van der Waals surface area contributed by atoms with E-state index in [0.29, 0.717) is 5.92 Å². The lowest BCUT2D eigenvalue weighted by Gasteiger charge is -2.06. The van der Waals surface area contributed by atoms with Crippen LogP contribution in [0, 0.1) is 5.92 Å². The highest BCUT2D eigenvalue weighted by molar-refractivity contribution is 5.79. The zero-order valence-corrected chi connectivity index (χ0v) is 12.7. The van der Waals surface area contributed by atoms with Gasteiger partial charge in [-0.3, -0.25) is 19.6 Å². The summed E-state index contributed by atoms with van der Waals surface area (Å²) in [6.45, 7) is 2.59. The van der Waals surface area contributed by atoms with Gasteiger partial charge in [0.1, 0.15) is 13.1 Å². The van der Waals surface area contributed by atoms with Gasteiger partial charge in [0.05, 0.1) is 0 Å². The van der Waals surface area contributed by atoms with Crippen molar-refractivity contribution >= 4 is 24.2 Å². The van der Waals surface area contributed by atoms with Gasteiger partial charge >= 0.3 is 0 Å². The van der Waals surface area contributed by atoms with Gasteiger partial charge < -0.3 is 10.6 Å². The number of likely N-dealkylation sites (N-methyl/N-ethyl adjacent to an activating group) is 2. The van der Waals surface area contributed by atoms with Crippen LogP contribution >= 0.6 is 0 Å². The Bertz CT molecular complexity index is 308. The second-order valence-corrected chi connectivity index (χ2v) is 4.65. The summed E-state index contributed by atoms with van der Waals surface area (Å²) in [6.07, 6.45) is 7.47. The highest BCUT2D eigenvalue weighted by Crippen LogP contribution is 2.10. The Morgan fingerprint density at radius 1 is 0.950 bits per heavy atom. The molecule has 114 valence electrons. The third-order valence-corrected chi connectivity index (χ3v) is 2.86. The van der Waals surface area contributed by atoms with Crippen molar-refractivity contribution in [2.24, 2.45) is 15.9 Å². The van der Waals surface area contributed by atoms with Gasteiger partial charge in [0.15, 0.2) is 0 Å². The predicted molar refractivity (Wildman–Crippen MR) is 82.5 cm³/mol. The van der Waals surface area contributed by atoms with Crippen LogP contribution in [0.4, 0.5) is 0 Å². The minimum absolute atomic E-state index is 0.0679. The lowest BCUT2D eigenvalue weighted by Crippen LogP contribution is -2.20. The second-order valence-electron chi connectivity index (χ2n) is 4.65. The summed E-state index contributed by atoms with van der Waals surface area (Å²) in [6, 6.07) is 0. The first kappa shape index (κ1) is 18.3. The van der Waals surface area contributed by atoms with Crippen molar-refractivity contribution in [2.45, 2.75) is 32.6 Å². The molecule has 0 rings (SSSR count). The van der Waals surface area contributed by atoms with Crippen LogP contribution < -0.4 is 10.6 Å². The van der Waals surface area contributed by atoms with Gasteiger partial charge in [0, 0.05) is 14.1 Å². The predicted octanol–water partition coefficient (Wildman–Crippen LogP) is 0.817. The number of amides is 2. The van der Waals surface area contributed by atoms with E-state index in [-0.39, 0.29) is 24.9 Å². The SMILES string of the molecule is CNC(=O)CN=CCCC(C)CCC=NCC(=O)NC. The Kier molecular flexibility index (Phi) is 11.3. The lowest BCUT2D eigenvalue weighted by molar-refractivity contribution is -0.120. The van der Waals surface area contributed by atoms with E-state index in [1.807, 2.05) is 12.4 Å². The number of aliphatic imine (C=N–C) groups is 2. The summed E-state index contributed by atoms with van der Waals surface area (Å²) in [5.74, 6) is 0.441. The van der Waals surface area contributed by atoms with Crippen LogP contribution in [0.15, 0.2) is 9.98 Å². The molecule has 0 saturated heterocycles. The van der Waals surface area contributed by atoms with Crippen molar-refractivity contribution in [3.63, 3.8) is 0 Å². The monoisotopic (exact) mass is 282 g/mol. The van der Waals surface area contributed by atoms with Gasteiger partial charge in [-0.15, -0.1) is 0 Å². The van der Waals surface area contributed by atoms with Crippen LogP contribution in [0.2, 0.25) is 0 Å². The number of nitrogens with zero attached hydrogens (tertiary/aromatic N) is 2. The Labute approximate surface area is 121 Å². The van der Waals surface area contributed by atoms with Crippen molar-refractivity contribution in [1.29, 1.82) is 0 Å². The molecule has 6 heteroatoms. The van der Waals surface area contributed by atoms with Crippen LogP contribution in [0.25, 0.3) is 0 Å². The molecule has 0 heterocycles.